The second kappa shape index (κ2) is 6.91. The molecule has 0 heterocycles. The summed E-state index contributed by atoms with van der Waals surface area (Å²) in [5.41, 5.74) is 7.68. The maximum atomic E-state index is 13.0. The van der Waals surface area contributed by atoms with Crippen molar-refractivity contribution >= 4 is 15.9 Å². The summed E-state index contributed by atoms with van der Waals surface area (Å²) in [5.74, 6) is 0.964. The van der Waals surface area contributed by atoms with Gasteiger partial charge < -0.3 is 15.2 Å². The Morgan fingerprint density at radius 1 is 1.19 bits per heavy atom. The van der Waals surface area contributed by atoms with Gasteiger partial charge in [0.05, 0.1) is 7.11 Å². The summed E-state index contributed by atoms with van der Waals surface area (Å²) in [4.78, 5) is 0. The van der Waals surface area contributed by atoms with Crippen LogP contribution in [0.2, 0.25) is 0 Å². The second-order valence-electron chi connectivity index (χ2n) is 4.72. The van der Waals surface area contributed by atoms with Crippen LogP contribution in [-0.4, -0.2) is 7.11 Å². The molecule has 21 heavy (non-hydrogen) atoms. The number of rotatable bonds is 5. The lowest BCUT2D eigenvalue weighted by atomic mass is 10.1. The molecule has 112 valence electrons. The first-order chi connectivity index (χ1) is 10.0. The number of nitrogens with two attached hydrogens (primary N) is 1. The molecule has 5 heteroatoms. The minimum atomic E-state index is -0.288. The molecule has 0 fully saturated rings. The van der Waals surface area contributed by atoms with E-state index in [4.69, 9.17) is 15.2 Å². The first-order valence-corrected chi connectivity index (χ1v) is 7.31. The van der Waals surface area contributed by atoms with Crippen LogP contribution in [0.4, 0.5) is 4.39 Å². The van der Waals surface area contributed by atoms with Crippen LogP contribution in [0.5, 0.6) is 11.5 Å². The summed E-state index contributed by atoms with van der Waals surface area (Å²) in [6.45, 7) is 2.22. The summed E-state index contributed by atoms with van der Waals surface area (Å²) in [6, 6.07) is 10.0. The Morgan fingerprint density at radius 2 is 1.95 bits per heavy atom. The van der Waals surface area contributed by atoms with Gasteiger partial charge in [0.1, 0.15) is 12.4 Å². The molecule has 0 aromatic heterocycles. The molecular formula is C16H17BrFNO2. The maximum absolute atomic E-state index is 13.0. The second-order valence-corrected chi connectivity index (χ2v) is 5.58. The van der Waals surface area contributed by atoms with E-state index < -0.39 is 0 Å². The van der Waals surface area contributed by atoms with E-state index in [-0.39, 0.29) is 11.9 Å². The van der Waals surface area contributed by atoms with Gasteiger partial charge >= 0.3 is 0 Å². The van der Waals surface area contributed by atoms with Crippen LogP contribution in [0.15, 0.2) is 40.9 Å². The average Bonchev–Trinajstić information content (AvgIpc) is 2.46. The molecule has 0 amide bonds. The van der Waals surface area contributed by atoms with Crippen molar-refractivity contribution in [1.29, 1.82) is 0 Å². The van der Waals surface area contributed by atoms with Crippen LogP contribution < -0.4 is 15.2 Å². The molecule has 0 aliphatic heterocycles. The zero-order valence-corrected chi connectivity index (χ0v) is 13.5. The summed E-state index contributed by atoms with van der Waals surface area (Å²) >= 11 is 3.32. The van der Waals surface area contributed by atoms with Gasteiger partial charge in [-0.3, -0.25) is 0 Å². The molecule has 0 saturated carbocycles. The first kappa shape index (κ1) is 15.8. The smallest absolute Gasteiger partial charge is 0.161 e. The van der Waals surface area contributed by atoms with E-state index in [1.54, 1.807) is 13.2 Å². The minimum Gasteiger partial charge on any atom is -0.493 e. The van der Waals surface area contributed by atoms with Crippen molar-refractivity contribution in [3.63, 3.8) is 0 Å². The van der Waals surface area contributed by atoms with Gasteiger partial charge in [-0.2, -0.15) is 0 Å². The highest BCUT2D eigenvalue weighted by Gasteiger charge is 2.09. The lowest BCUT2D eigenvalue weighted by Gasteiger charge is -2.14. The fourth-order valence-corrected chi connectivity index (χ4v) is 2.35. The van der Waals surface area contributed by atoms with Crippen molar-refractivity contribution in [1.82, 2.24) is 0 Å². The molecule has 0 saturated heterocycles. The van der Waals surface area contributed by atoms with Gasteiger partial charge in [0.2, 0.25) is 0 Å². The third-order valence-electron chi connectivity index (χ3n) is 3.11. The molecule has 0 aliphatic rings. The van der Waals surface area contributed by atoms with E-state index in [0.29, 0.717) is 22.6 Å². The molecule has 0 unspecified atom stereocenters. The van der Waals surface area contributed by atoms with E-state index in [9.17, 15) is 4.39 Å². The van der Waals surface area contributed by atoms with E-state index in [1.807, 2.05) is 25.1 Å². The average molecular weight is 354 g/mol. The number of halogens is 2. The number of hydrogen-bond acceptors (Lipinski definition) is 3. The molecular weight excluding hydrogens is 337 g/mol. The summed E-state index contributed by atoms with van der Waals surface area (Å²) < 4.78 is 24.8. The highest BCUT2D eigenvalue weighted by atomic mass is 79.9. The van der Waals surface area contributed by atoms with Crippen molar-refractivity contribution in [2.24, 2.45) is 5.73 Å². The minimum absolute atomic E-state index is 0.0702. The summed E-state index contributed by atoms with van der Waals surface area (Å²) in [5, 5.41) is 0. The van der Waals surface area contributed by atoms with Crippen LogP contribution in [0, 0.1) is 5.82 Å². The van der Waals surface area contributed by atoms with Gasteiger partial charge in [0, 0.05) is 16.1 Å². The third kappa shape index (κ3) is 3.95. The monoisotopic (exact) mass is 353 g/mol. The third-order valence-corrected chi connectivity index (χ3v) is 3.85. The zero-order valence-electron chi connectivity index (χ0n) is 11.9. The number of methoxy groups -OCH3 is 1. The quantitative estimate of drug-likeness (QED) is 0.876. The Balaban J connectivity index is 2.16. The van der Waals surface area contributed by atoms with Gasteiger partial charge in [0.25, 0.3) is 0 Å². The maximum Gasteiger partial charge on any atom is 0.161 e. The standard InChI is InChI=1S/C16H17BrFNO2/c1-10(19)11-4-6-15(16(7-11)20-2)21-9-12-3-5-13(18)8-14(12)17/h3-8,10H,9,19H2,1-2H3/t10-/m1/s1. The Kier molecular flexibility index (Phi) is 5.20. The topological polar surface area (TPSA) is 44.5 Å². The molecule has 2 N–H and O–H groups in total. The van der Waals surface area contributed by atoms with Crippen LogP contribution in [0.25, 0.3) is 0 Å². The molecule has 0 bridgehead atoms. The van der Waals surface area contributed by atoms with Crippen LogP contribution >= 0.6 is 15.9 Å². The summed E-state index contributed by atoms with van der Waals surface area (Å²) in [7, 11) is 1.58. The van der Waals surface area contributed by atoms with Crippen molar-refractivity contribution in [3.05, 3.63) is 57.8 Å². The number of ether oxygens (including phenoxy) is 2. The molecule has 2 rings (SSSR count). The fourth-order valence-electron chi connectivity index (χ4n) is 1.88. The van der Waals surface area contributed by atoms with Gasteiger partial charge in [0.15, 0.2) is 11.5 Å². The SMILES string of the molecule is COc1cc([C@@H](C)N)ccc1OCc1ccc(F)cc1Br. The van der Waals surface area contributed by atoms with Gasteiger partial charge in [-0.05, 0) is 36.8 Å². The van der Waals surface area contributed by atoms with E-state index in [0.717, 1.165) is 11.1 Å². The number of hydrogen-bond donors (Lipinski definition) is 1. The largest absolute Gasteiger partial charge is 0.493 e. The number of benzene rings is 2. The van der Waals surface area contributed by atoms with E-state index >= 15 is 0 Å². The first-order valence-electron chi connectivity index (χ1n) is 6.51. The van der Waals surface area contributed by atoms with Crippen LogP contribution in [-0.2, 0) is 6.61 Å². The molecule has 1 atom stereocenters. The fraction of sp³-hybridized carbons (Fsp3) is 0.250. The van der Waals surface area contributed by atoms with Crippen molar-refractivity contribution in [3.8, 4) is 11.5 Å². The predicted octanol–water partition coefficient (Wildman–Crippen LogP) is 4.20. The normalized spacial score (nSPS) is 12.0. The van der Waals surface area contributed by atoms with Gasteiger partial charge in [-0.1, -0.05) is 28.1 Å². The van der Waals surface area contributed by atoms with E-state index in [1.165, 1.54) is 12.1 Å². The molecule has 0 aliphatic carbocycles. The Hall–Kier alpha value is -1.59. The van der Waals surface area contributed by atoms with Crippen LogP contribution in [0.1, 0.15) is 24.1 Å². The Bertz CT molecular complexity index is 632. The molecule has 3 nitrogen and oxygen atoms in total. The zero-order chi connectivity index (χ0) is 15.4. The summed E-state index contributed by atoms with van der Waals surface area (Å²) in [6.07, 6.45) is 0. The van der Waals surface area contributed by atoms with Crippen molar-refractivity contribution < 1.29 is 13.9 Å². The van der Waals surface area contributed by atoms with Crippen molar-refractivity contribution in [2.75, 3.05) is 7.11 Å². The molecule has 0 radical (unpaired) electrons. The van der Waals surface area contributed by atoms with Crippen LogP contribution in [0.3, 0.4) is 0 Å². The lowest BCUT2D eigenvalue weighted by Crippen LogP contribution is -2.06. The van der Waals surface area contributed by atoms with Gasteiger partial charge in [-0.15, -0.1) is 0 Å². The highest BCUT2D eigenvalue weighted by Crippen LogP contribution is 2.31. The van der Waals surface area contributed by atoms with Crippen molar-refractivity contribution in [2.45, 2.75) is 19.6 Å². The van der Waals surface area contributed by atoms with Gasteiger partial charge in [-0.25, -0.2) is 4.39 Å². The van der Waals surface area contributed by atoms with E-state index in [2.05, 4.69) is 15.9 Å². The highest BCUT2D eigenvalue weighted by molar-refractivity contribution is 9.10. The molecule has 2 aromatic carbocycles. The molecule has 2 aromatic rings. The predicted molar refractivity (Wildman–Crippen MR) is 84.0 cm³/mol. The Morgan fingerprint density at radius 3 is 2.57 bits per heavy atom. The molecule has 0 spiro atoms. The Labute approximate surface area is 132 Å². The lowest BCUT2D eigenvalue weighted by molar-refractivity contribution is 0.283.